The number of hydrazine groups is 1. The second kappa shape index (κ2) is 6.20. The lowest BCUT2D eigenvalue weighted by atomic mass is 9.85. The maximum atomic E-state index is 12.4. The Morgan fingerprint density at radius 1 is 1.22 bits per heavy atom. The van der Waals surface area contributed by atoms with Gasteiger partial charge in [0.15, 0.2) is 5.69 Å². The van der Waals surface area contributed by atoms with Crippen molar-refractivity contribution in [3.63, 3.8) is 0 Å². The van der Waals surface area contributed by atoms with Crippen molar-refractivity contribution in [2.45, 2.75) is 32.7 Å². The van der Waals surface area contributed by atoms with Gasteiger partial charge in [-0.15, -0.1) is 0 Å². The molecule has 1 aromatic heterocycles. The quantitative estimate of drug-likeness (QED) is 0.826. The van der Waals surface area contributed by atoms with Crippen LogP contribution in [0.4, 0.5) is 0 Å². The standard InChI is InChI=1S/C16H18N4O3/c1-2-20-16(23)12-9-4-3-8-11(12)13(19-20)15(22)18-17-14(21)10-6-5-7-10/h3-4,8-10H,2,5-7H2,1H3,(H,17,21)(H,18,22). The third-order valence-electron chi connectivity index (χ3n) is 4.16. The number of hydrogen-bond acceptors (Lipinski definition) is 4. The number of carbonyl (C=O) groups is 2. The first kappa shape index (κ1) is 15.2. The minimum atomic E-state index is -0.531. The van der Waals surface area contributed by atoms with E-state index in [2.05, 4.69) is 16.0 Å². The fourth-order valence-corrected chi connectivity index (χ4v) is 2.57. The van der Waals surface area contributed by atoms with Crippen LogP contribution in [0.3, 0.4) is 0 Å². The van der Waals surface area contributed by atoms with E-state index in [1.807, 2.05) is 0 Å². The molecule has 3 rings (SSSR count). The third-order valence-corrected chi connectivity index (χ3v) is 4.16. The van der Waals surface area contributed by atoms with Crippen LogP contribution in [0.25, 0.3) is 10.8 Å². The van der Waals surface area contributed by atoms with E-state index < -0.39 is 5.91 Å². The molecule has 0 aliphatic heterocycles. The van der Waals surface area contributed by atoms with E-state index in [-0.39, 0.29) is 23.1 Å². The molecule has 0 bridgehead atoms. The number of rotatable bonds is 3. The van der Waals surface area contributed by atoms with Crippen molar-refractivity contribution in [1.29, 1.82) is 0 Å². The number of fused-ring (bicyclic) bond motifs is 1. The van der Waals surface area contributed by atoms with Crippen LogP contribution in [0, 0.1) is 5.92 Å². The van der Waals surface area contributed by atoms with E-state index in [1.165, 1.54) is 4.68 Å². The largest absolute Gasteiger partial charge is 0.290 e. The summed E-state index contributed by atoms with van der Waals surface area (Å²) in [6.07, 6.45) is 2.74. The van der Waals surface area contributed by atoms with Crippen LogP contribution in [0.2, 0.25) is 0 Å². The molecule has 0 atom stereocenters. The van der Waals surface area contributed by atoms with E-state index in [1.54, 1.807) is 31.2 Å². The van der Waals surface area contributed by atoms with E-state index >= 15 is 0 Å². The summed E-state index contributed by atoms with van der Waals surface area (Å²) in [5.74, 6) is -0.738. The average molecular weight is 314 g/mol. The summed E-state index contributed by atoms with van der Waals surface area (Å²) in [5, 5.41) is 5.02. The van der Waals surface area contributed by atoms with Crippen LogP contribution in [-0.2, 0) is 11.3 Å². The Morgan fingerprint density at radius 3 is 2.52 bits per heavy atom. The maximum Gasteiger partial charge on any atom is 0.290 e. The third kappa shape index (κ3) is 2.81. The number of aromatic nitrogens is 2. The summed E-state index contributed by atoms with van der Waals surface area (Å²) < 4.78 is 1.24. The molecule has 7 heteroatoms. The highest BCUT2D eigenvalue weighted by molar-refractivity contribution is 6.05. The van der Waals surface area contributed by atoms with Crippen molar-refractivity contribution < 1.29 is 9.59 Å². The Kier molecular flexibility index (Phi) is 4.10. The minimum Gasteiger partial charge on any atom is -0.273 e. The SMILES string of the molecule is CCn1nc(C(=O)NNC(=O)C2CCC2)c2ccccc2c1=O. The molecule has 120 valence electrons. The fourth-order valence-electron chi connectivity index (χ4n) is 2.57. The predicted octanol–water partition coefficient (Wildman–Crippen LogP) is 0.977. The van der Waals surface area contributed by atoms with Crippen molar-refractivity contribution in [3.05, 3.63) is 40.3 Å². The zero-order valence-electron chi connectivity index (χ0n) is 12.8. The van der Waals surface area contributed by atoms with Crippen LogP contribution >= 0.6 is 0 Å². The molecular formula is C16H18N4O3. The van der Waals surface area contributed by atoms with Gasteiger partial charge in [-0.1, -0.05) is 24.6 Å². The maximum absolute atomic E-state index is 12.4. The Labute approximate surface area is 132 Å². The zero-order chi connectivity index (χ0) is 16.4. The summed E-state index contributed by atoms with van der Waals surface area (Å²) in [5.41, 5.74) is 4.71. The molecule has 0 unspecified atom stereocenters. The van der Waals surface area contributed by atoms with Gasteiger partial charge in [-0.2, -0.15) is 5.10 Å². The summed E-state index contributed by atoms with van der Waals surface area (Å²) in [7, 11) is 0. The first-order valence-corrected chi connectivity index (χ1v) is 7.72. The van der Waals surface area contributed by atoms with Gasteiger partial charge >= 0.3 is 0 Å². The summed E-state index contributed by atoms with van der Waals surface area (Å²) >= 11 is 0. The van der Waals surface area contributed by atoms with Gasteiger partial charge in [0, 0.05) is 17.8 Å². The van der Waals surface area contributed by atoms with E-state index in [9.17, 15) is 14.4 Å². The molecule has 2 N–H and O–H groups in total. The molecule has 1 saturated carbocycles. The summed E-state index contributed by atoms with van der Waals surface area (Å²) in [6.45, 7) is 2.14. The van der Waals surface area contributed by atoms with Crippen LogP contribution < -0.4 is 16.4 Å². The van der Waals surface area contributed by atoms with Crippen LogP contribution in [0.5, 0.6) is 0 Å². The molecule has 1 fully saturated rings. The van der Waals surface area contributed by atoms with Gasteiger partial charge < -0.3 is 0 Å². The Hall–Kier alpha value is -2.70. The van der Waals surface area contributed by atoms with Crippen molar-refractivity contribution in [2.75, 3.05) is 0 Å². The van der Waals surface area contributed by atoms with Gasteiger partial charge in [-0.05, 0) is 25.8 Å². The molecule has 23 heavy (non-hydrogen) atoms. The molecule has 7 nitrogen and oxygen atoms in total. The first-order chi connectivity index (χ1) is 11.1. The highest BCUT2D eigenvalue weighted by atomic mass is 16.2. The Balaban J connectivity index is 1.89. The number of aryl methyl sites for hydroxylation is 1. The van der Waals surface area contributed by atoms with E-state index in [0.29, 0.717) is 17.3 Å². The average Bonchev–Trinajstić information content (AvgIpc) is 2.51. The van der Waals surface area contributed by atoms with Crippen LogP contribution in [0.1, 0.15) is 36.7 Å². The second-order valence-corrected chi connectivity index (χ2v) is 5.59. The van der Waals surface area contributed by atoms with Crippen LogP contribution in [0.15, 0.2) is 29.1 Å². The van der Waals surface area contributed by atoms with Gasteiger partial charge in [0.05, 0.1) is 5.39 Å². The Morgan fingerprint density at radius 2 is 1.91 bits per heavy atom. The predicted molar refractivity (Wildman–Crippen MR) is 84.6 cm³/mol. The van der Waals surface area contributed by atoms with Gasteiger partial charge in [0.25, 0.3) is 11.5 Å². The van der Waals surface area contributed by atoms with E-state index in [4.69, 9.17) is 0 Å². The smallest absolute Gasteiger partial charge is 0.273 e. The molecular weight excluding hydrogens is 296 g/mol. The number of carbonyl (C=O) groups excluding carboxylic acids is 2. The summed E-state index contributed by atoms with van der Waals surface area (Å²) in [4.78, 5) is 36.4. The van der Waals surface area contributed by atoms with Gasteiger partial charge in [-0.25, -0.2) is 4.68 Å². The lowest BCUT2D eigenvalue weighted by Crippen LogP contribution is -2.46. The minimum absolute atomic E-state index is 0.0235. The fraction of sp³-hybridized carbons (Fsp3) is 0.375. The van der Waals surface area contributed by atoms with Gasteiger partial charge in [0.2, 0.25) is 5.91 Å². The molecule has 1 heterocycles. The topological polar surface area (TPSA) is 93.1 Å². The molecule has 2 aromatic rings. The number of amides is 2. The molecule has 1 aliphatic carbocycles. The van der Waals surface area contributed by atoms with Gasteiger partial charge in [-0.3, -0.25) is 25.2 Å². The Bertz CT molecular complexity index is 824. The van der Waals surface area contributed by atoms with Crippen LogP contribution in [-0.4, -0.2) is 21.6 Å². The zero-order valence-corrected chi connectivity index (χ0v) is 12.8. The first-order valence-electron chi connectivity index (χ1n) is 7.72. The molecule has 0 radical (unpaired) electrons. The van der Waals surface area contributed by atoms with Crippen molar-refractivity contribution >= 4 is 22.6 Å². The molecule has 0 spiro atoms. The highest BCUT2D eigenvalue weighted by Gasteiger charge is 2.26. The van der Waals surface area contributed by atoms with Crippen molar-refractivity contribution in [1.82, 2.24) is 20.6 Å². The number of nitrogens with zero attached hydrogens (tertiary/aromatic N) is 2. The molecule has 2 amide bonds. The lowest BCUT2D eigenvalue weighted by molar-refractivity contribution is -0.128. The lowest BCUT2D eigenvalue weighted by Gasteiger charge is -2.24. The second-order valence-electron chi connectivity index (χ2n) is 5.59. The number of hydrogen-bond donors (Lipinski definition) is 2. The molecule has 1 aromatic carbocycles. The summed E-state index contributed by atoms with van der Waals surface area (Å²) in [6, 6.07) is 6.81. The normalized spacial score (nSPS) is 14.3. The number of benzene rings is 1. The monoisotopic (exact) mass is 314 g/mol. The highest BCUT2D eigenvalue weighted by Crippen LogP contribution is 2.25. The van der Waals surface area contributed by atoms with Gasteiger partial charge in [0.1, 0.15) is 0 Å². The molecule has 0 saturated heterocycles. The number of nitrogens with one attached hydrogen (secondary N) is 2. The van der Waals surface area contributed by atoms with E-state index in [0.717, 1.165) is 19.3 Å². The van der Waals surface area contributed by atoms with Crippen molar-refractivity contribution in [2.24, 2.45) is 5.92 Å². The van der Waals surface area contributed by atoms with Crippen molar-refractivity contribution in [3.8, 4) is 0 Å². The molecule has 1 aliphatic rings.